The maximum absolute atomic E-state index is 11.9. The highest BCUT2D eigenvalue weighted by Crippen LogP contribution is 2.12. The summed E-state index contributed by atoms with van der Waals surface area (Å²) < 4.78 is 25.5. The lowest BCUT2D eigenvalue weighted by molar-refractivity contribution is -0.121. The van der Waals surface area contributed by atoms with Gasteiger partial charge in [-0.25, -0.2) is 22.9 Å². The van der Waals surface area contributed by atoms with Crippen molar-refractivity contribution in [2.45, 2.75) is 24.2 Å². The summed E-state index contributed by atoms with van der Waals surface area (Å²) in [6, 6.07) is 6.37. The van der Waals surface area contributed by atoms with E-state index in [1.54, 1.807) is 12.1 Å². The number of nitrogens with zero attached hydrogens (tertiary/aromatic N) is 1. The third-order valence-corrected chi connectivity index (χ3v) is 5.91. The van der Waals surface area contributed by atoms with Crippen molar-refractivity contribution in [3.05, 3.63) is 45.9 Å². The largest absolute Gasteiger partial charge is 0.476 e. The molecule has 1 aromatic carbocycles. The number of amides is 1. The van der Waals surface area contributed by atoms with Crippen LogP contribution in [0.25, 0.3) is 0 Å². The van der Waals surface area contributed by atoms with Gasteiger partial charge < -0.3 is 10.4 Å². The molecule has 140 valence electrons. The number of aromatic carboxylic acids is 1. The normalized spacial score (nSPS) is 11.3. The number of hydrogen-bond donors (Lipinski definition) is 3. The highest BCUT2D eigenvalue weighted by Gasteiger charge is 2.11. The van der Waals surface area contributed by atoms with Gasteiger partial charge in [-0.15, -0.1) is 11.3 Å². The van der Waals surface area contributed by atoms with Gasteiger partial charge in [-0.1, -0.05) is 12.1 Å². The molecule has 2 rings (SSSR count). The first-order valence-corrected chi connectivity index (χ1v) is 10.1. The van der Waals surface area contributed by atoms with Crippen molar-refractivity contribution < 1.29 is 23.1 Å². The molecule has 0 unspecified atom stereocenters. The molecule has 1 heterocycles. The van der Waals surface area contributed by atoms with Crippen LogP contribution in [0.1, 0.15) is 27.5 Å². The van der Waals surface area contributed by atoms with E-state index in [1.807, 2.05) is 0 Å². The van der Waals surface area contributed by atoms with Crippen LogP contribution >= 0.6 is 11.3 Å². The number of carboxylic acid groups (broad SMARTS) is 1. The molecule has 2 aromatic rings. The van der Waals surface area contributed by atoms with Gasteiger partial charge in [-0.2, -0.15) is 0 Å². The number of nitrogens with one attached hydrogen (secondary N) is 2. The molecule has 0 fully saturated rings. The quantitative estimate of drug-likeness (QED) is 0.580. The highest BCUT2D eigenvalue weighted by molar-refractivity contribution is 7.89. The van der Waals surface area contributed by atoms with E-state index in [-0.39, 0.29) is 22.9 Å². The predicted molar refractivity (Wildman–Crippen MR) is 96.8 cm³/mol. The van der Waals surface area contributed by atoms with E-state index in [4.69, 9.17) is 5.11 Å². The van der Waals surface area contributed by atoms with Crippen molar-refractivity contribution in [3.63, 3.8) is 0 Å². The lowest BCUT2D eigenvalue weighted by Gasteiger charge is -2.06. The maximum Gasteiger partial charge on any atom is 0.355 e. The Hall–Kier alpha value is -2.30. The average molecular weight is 397 g/mol. The molecule has 0 aliphatic heterocycles. The standard InChI is InChI=1S/C16H19N3O5S2/c1-17-26(23,24)12-5-2-11(3-6-12)4-7-14(20)18-9-8-15-19-13(10-25-15)16(21)22/h2-3,5-6,10,17H,4,7-9H2,1H3,(H,18,20)(H,21,22). The molecule has 0 radical (unpaired) electrons. The fourth-order valence-electron chi connectivity index (χ4n) is 2.13. The van der Waals surface area contributed by atoms with Gasteiger partial charge in [0.25, 0.3) is 0 Å². The van der Waals surface area contributed by atoms with Crippen LogP contribution in [-0.4, -0.2) is 44.0 Å². The fourth-order valence-corrected chi connectivity index (χ4v) is 3.63. The van der Waals surface area contributed by atoms with E-state index in [0.29, 0.717) is 24.4 Å². The Morgan fingerprint density at radius 1 is 1.19 bits per heavy atom. The molecule has 0 aliphatic carbocycles. The second-order valence-corrected chi connectivity index (χ2v) is 8.21. The number of hydrogen-bond acceptors (Lipinski definition) is 6. The minimum Gasteiger partial charge on any atom is -0.476 e. The summed E-state index contributed by atoms with van der Waals surface area (Å²) in [5.41, 5.74) is 0.876. The van der Waals surface area contributed by atoms with Gasteiger partial charge in [-0.3, -0.25) is 4.79 Å². The van der Waals surface area contributed by atoms with Gasteiger partial charge in [0.1, 0.15) is 0 Å². The minimum absolute atomic E-state index is 0.0139. The van der Waals surface area contributed by atoms with Crippen molar-refractivity contribution in [2.24, 2.45) is 0 Å². The molecule has 26 heavy (non-hydrogen) atoms. The van der Waals surface area contributed by atoms with Gasteiger partial charge in [-0.05, 0) is 31.2 Å². The number of sulfonamides is 1. The van der Waals surface area contributed by atoms with Crippen molar-refractivity contribution in [2.75, 3.05) is 13.6 Å². The van der Waals surface area contributed by atoms with Gasteiger partial charge >= 0.3 is 5.97 Å². The number of carbonyl (C=O) groups excluding carboxylic acids is 1. The third kappa shape index (κ3) is 5.61. The zero-order valence-corrected chi connectivity index (χ0v) is 15.7. The van der Waals surface area contributed by atoms with Gasteiger partial charge in [0, 0.05) is 24.8 Å². The summed E-state index contributed by atoms with van der Waals surface area (Å²) in [6.07, 6.45) is 1.24. The molecule has 0 aliphatic rings. The number of benzene rings is 1. The zero-order valence-electron chi connectivity index (χ0n) is 14.1. The highest BCUT2D eigenvalue weighted by atomic mass is 32.2. The van der Waals surface area contributed by atoms with Gasteiger partial charge in [0.05, 0.1) is 9.90 Å². The lowest BCUT2D eigenvalue weighted by Crippen LogP contribution is -2.25. The summed E-state index contributed by atoms with van der Waals surface area (Å²) in [5, 5.41) is 13.7. The Bertz CT molecular complexity index is 876. The van der Waals surface area contributed by atoms with Crippen LogP contribution in [0.4, 0.5) is 0 Å². The van der Waals surface area contributed by atoms with Crippen LogP contribution in [0.2, 0.25) is 0 Å². The molecule has 1 aromatic heterocycles. The van der Waals surface area contributed by atoms with E-state index in [2.05, 4.69) is 15.0 Å². The van der Waals surface area contributed by atoms with E-state index in [1.165, 1.54) is 35.9 Å². The third-order valence-electron chi connectivity index (χ3n) is 3.58. The van der Waals surface area contributed by atoms with Crippen molar-refractivity contribution in [3.8, 4) is 0 Å². The number of thiazole rings is 1. The monoisotopic (exact) mass is 397 g/mol. The van der Waals surface area contributed by atoms with Crippen LogP contribution in [0.15, 0.2) is 34.5 Å². The lowest BCUT2D eigenvalue weighted by atomic mass is 10.1. The molecule has 0 saturated heterocycles. The molecule has 3 N–H and O–H groups in total. The smallest absolute Gasteiger partial charge is 0.355 e. The maximum atomic E-state index is 11.9. The first-order valence-electron chi connectivity index (χ1n) is 7.78. The minimum atomic E-state index is -3.46. The van der Waals surface area contributed by atoms with Crippen LogP contribution in [0.3, 0.4) is 0 Å². The van der Waals surface area contributed by atoms with Gasteiger partial charge in [0.15, 0.2) is 5.69 Å². The van der Waals surface area contributed by atoms with E-state index >= 15 is 0 Å². The Labute approximate surface area is 155 Å². The molecule has 8 nitrogen and oxygen atoms in total. The molecular weight excluding hydrogens is 378 g/mol. The molecular formula is C16H19N3O5S2. The molecule has 0 atom stereocenters. The number of aromatic nitrogens is 1. The Kier molecular flexibility index (Phi) is 6.83. The molecule has 1 amide bonds. The van der Waals surface area contributed by atoms with E-state index in [9.17, 15) is 18.0 Å². The fraction of sp³-hybridized carbons (Fsp3) is 0.312. The zero-order chi connectivity index (χ0) is 19.2. The molecule has 0 spiro atoms. The van der Waals surface area contributed by atoms with Gasteiger partial charge in [0.2, 0.25) is 15.9 Å². The topological polar surface area (TPSA) is 125 Å². The second-order valence-electron chi connectivity index (χ2n) is 5.38. The Balaban J connectivity index is 1.75. The van der Waals surface area contributed by atoms with Crippen LogP contribution < -0.4 is 10.0 Å². The summed E-state index contributed by atoms with van der Waals surface area (Å²) in [5.74, 6) is -1.20. The van der Waals surface area contributed by atoms with E-state index < -0.39 is 16.0 Å². The Morgan fingerprint density at radius 2 is 1.88 bits per heavy atom. The molecule has 0 bridgehead atoms. The summed E-state index contributed by atoms with van der Waals surface area (Å²) >= 11 is 1.25. The van der Waals surface area contributed by atoms with Crippen LogP contribution in [-0.2, 0) is 27.7 Å². The molecule has 0 saturated carbocycles. The second kappa shape index (κ2) is 8.88. The summed E-state index contributed by atoms with van der Waals surface area (Å²) in [7, 11) is -2.11. The summed E-state index contributed by atoms with van der Waals surface area (Å²) in [6.45, 7) is 0.380. The average Bonchev–Trinajstić information content (AvgIpc) is 3.09. The first-order chi connectivity index (χ1) is 12.3. The number of carbonyl (C=O) groups is 2. The summed E-state index contributed by atoms with van der Waals surface area (Å²) in [4.78, 5) is 26.7. The first kappa shape index (κ1) is 20.0. The van der Waals surface area contributed by atoms with Crippen molar-refractivity contribution >= 4 is 33.2 Å². The number of carboxylic acids is 1. The predicted octanol–water partition coefficient (Wildman–Crippen LogP) is 1.04. The SMILES string of the molecule is CNS(=O)(=O)c1ccc(CCC(=O)NCCc2nc(C(=O)O)cs2)cc1. The molecule has 10 heteroatoms. The number of aryl methyl sites for hydroxylation is 1. The van der Waals surface area contributed by atoms with E-state index in [0.717, 1.165) is 5.56 Å². The Morgan fingerprint density at radius 3 is 2.46 bits per heavy atom. The van der Waals surface area contributed by atoms with Crippen molar-refractivity contribution in [1.82, 2.24) is 15.0 Å². The number of rotatable bonds is 9. The van der Waals surface area contributed by atoms with Crippen molar-refractivity contribution in [1.29, 1.82) is 0 Å². The van der Waals surface area contributed by atoms with Crippen LogP contribution in [0.5, 0.6) is 0 Å². The van der Waals surface area contributed by atoms with Crippen LogP contribution in [0, 0.1) is 0 Å².